The molecule has 4 nitrogen and oxygen atoms in total. The molecule has 1 aromatic carbocycles. The molecule has 0 bridgehead atoms. The summed E-state index contributed by atoms with van der Waals surface area (Å²) in [5.74, 6) is 0.273. The van der Waals surface area contributed by atoms with E-state index in [0.29, 0.717) is 25.6 Å². The van der Waals surface area contributed by atoms with Crippen molar-refractivity contribution in [2.24, 2.45) is 5.92 Å². The van der Waals surface area contributed by atoms with Crippen LogP contribution in [0.15, 0.2) is 41.2 Å². The van der Waals surface area contributed by atoms with Gasteiger partial charge in [-0.1, -0.05) is 23.7 Å². The molecule has 25 heavy (non-hydrogen) atoms. The number of benzene rings is 1. The van der Waals surface area contributed by atoms with Crippen molar-refractivity contribution in [3.05, 3.63) is 68.6 Å². The molecular weight excluding hydrogens is 336 g/mol. The molecule has 1 aromatic heterocycles. The van der Waals surface area contributed by atoms with Crippen LogP contribution in [-0.2, 0) is 13.0 Å². The third-order valence-corrected chi connectivity index (χ3v) is 5.20. The van der Waals surface area contributed by atoms with E-state index < -0.39 is 0 Å². The Kier molecular flexibility index (Phi) is 5.28. The summed E-state index contributed by atoms with van der Waals surface area (Å²) in [6, 6.07) is 11.4. The van der Waals surface area contributed by atoms with E-state index in [0.717, 1.165) is 23.6 Å². The molecule has 2 heterocycles. The first-order valence-electron chi connectivity index (χ1n) is 8.73. The summed E-state index contributed by atoms with van der Waals surface area (Å²) in [5, 5.41) is 0.735. The van der Waals surface area contributed by atoms with E-state index in [-0.39, 0.29) is 17.0 Å². The van der Waals surface area contributed by atoms with Crippen LogP contribution in [0.3, 0.4) is 0 Å². The molecule has 3 rings (SSSR count). The Hall–Kier alpha value is -2.07. The Morgan fingerprint density at radius 2 is 1.92 bits per heavy atom. The molecule has 2 aromatic rings. The SMILES string of the molecule is CCn1c(C)ccc(C(=O)N2CCC(Cc3ccc(Cl)cc3)C2)c1=O. The summed E-state index contributed by atoms with van der Waals surface area (Å²) >= 11 is 5.93. The van der Waals surface area contributed by atoms with E-state index in [2.05, 4.69) is 0 Å². The van der Waals surface area contributed by atoms with Gasteiger partial charge in [-0.2, -0.15) is 0 Å². The number of aromatic nitrogens is 1. The number of pyridine rings is 1. The van der Waals surface area contributed by atoms with E-state index in [1.165, 1.54) is 5.56 Å². The summed E-state index contributed by atoms with van der Waals surface area (Å²) in [5.41, 5.74) is 2.20. The van der Waals surface area contributed by atoms with Crippen LogP contribution < -0.4 is 5.56 Å². The summed E-state index contributed by atoms with van der Waals surface area (Å²) < 4.78 is 1.65. The molecule has 1 fully saturated rings. The molecule has 1 amide bonds. The number of hydrogen-bond donors (Lipinski definition) is 0. The maximum atomic E-state index is 12.8. The number of nitrogens with zero attached hydrogens (tertiary/aromatic N) is 2. The number of rotatable bonds is 4. The second-order valence-corrected chi connectivity index (χ2v) is 7.11. The van der Waals surface area contributed by atoms with Crippen LogP contribution in [0.1, 0.15) is 35.0 Å². The molecule has 0 radical (unpaired) electrons. The van der Waals surface area contributed by atoms with E-state index in [1.807, 2.05) is 49.1 Å². The van der Waals surface area contributed by atoms with Crippen LogP contribution in [-0.4, -0.2) is 28.5 Å². The van der Waals surface area contributed by atoms with Gasteiger partial charge < -0.3 is 9.47 Å². The van der Waals surface area contributed by atoms with Gasteiger partial charge in [0.25, 0.3) is 11.5 Å². The van der Waals surface area contributed by atoms with Crippen molar-refractivity contribution in [1.29, 1.82) is 0 Å². The summed E-state index contributed by atoms with van der Waals surface area (Å²) in [4.78, 5) is 27.1. The lowest BCUT2D eigenvalue weighted by atomic mass is 9.99. The predicted octanol–water partition coefficient (Wildman–Crippen LogP) is 3.53. The monoisotopic (exact) mass is 358 g/mol. The Bertz CT molecular complexity index is 827. The largest absolute Gasteiger partial charge is 0.338 e. The molecule has 0 saturated carbocycles. The third-order valence-electron chi connectivity index (χ3n) is 4.95. The zero-order valence-electron chi connectivity index (χ0n) is 14.7. The van der Waals surface area contributed by atoms with E-state index in [1.54, 1.807) is 10.6 Å². The molecule has 1 aliphatic rings. The highest BCUT2D eigenvalue weighted by Gasteiger charge is 2.28. The topological polar surface area (TPSA) is 42.3 Å². The molecule has 0 aliphatic carbocycles. The van der Waals surface area contributed by atoms with E-state index >= 15 is 0 Å². The highest BCUT2D eigenvalue weighted by molar-refractivity contribution is 6.30. The van der Waals surface area contributed by atoms with Crippen molar-refractivity contribution in [3.63, 3.8) is 0 Å². The van der Waals surface area contributed by atoms with Crippen molar-refractivity contribution in [2.75, 3.05) is 13.1 Å². The number of carbonyl (C=O) groups is 1. The number of likely N-dealkylation sites (tertiary alicyclic amines) is 1. The van der Waals surface area contributed by atoms with E-state index in [9.17, 15) is 9.59 Å². The molecular formula is C20H23ClN2O2. The predicted molar refractivity (Wildman–Crippen MR) is 100 cm³/mol. The van der Waals surface area contributed by atoms with Gasteiger partial charge in [0.1, 0.15) is 5.56 Å². The summed E-state index contributed by atoms with van der Waals surface area (Å²) in [7, 11) is 0. The fourth-order valence-corrected chi connectivity index (χ4v) is 3.66. The summed E-state index contributed by atoms with van der Waals surface area (Å²) in [6.45, 7) is 5.78. The highest BCUT2D eigenvalue weighted by atomic mass is 35.5. The number of amides is 1. The Balaban J connectivity index is 1.70. The lowest BCUT2D eigenvalue weighted by molar-refractivity contribution is 0.0784. The Morgan fingerprint density at radius 3 is 2.60 bits per heavy atom. The lowest BCUT2D eigenvalue weighted by Crippen LogP contribution is -2.36. The maximum Gasteiger partial charge on any atom is 0.263 e. The average molecular weight is 359 g/mol. The van der Waals surface area contributed by atoms with Crippen molar-refractivity contribution in [3.8, 4) is 0 Å². The van der Waals surface area contributed by atoms with Crippen LogP contribution in [0.5, 0.6) is 0 Å². The Morgan fingerprint density at radius 1 is 1.20 bits per heavy atom. The van der Waals surface area contributed by atoms with Gasteiger partial charge in [0.15, 0.2) is 0 Å². The smallest absolute Gasteiger partial charge is 0.263 e. The first-order valence-corrected chi connectivity index (χ1v) is 9.11. The first-order chi connectivity index (χ1) is 12.0. The second kappa shape index (κ2) is 7.44. The molecule has 132 valence electrons. The zero-order chi connectivity index (χ0) is 18.0. The second-order valence-electron chi connectivity index (χ2n) is 6.67. The van der Waals surface area contributed by atoms with Gasteiger partial charge in [-0.25, -0.2) is 0 Å². The van der Waals surface area contributed by atoms with Crippen LogP contribution in [0.4, 0.5) is 0 Å². The third kappa shape index (κ3) is 3.79. The van der Waals surface area contributed by atoms with Gasteiger partial charge in [-0.15, -0.1) is 0 Å². The minimum absolute atomic E-state index is 0.147. The molecule has 1 unspecified atom stereocenters. The van der Waals surface area contributed by atoms with Gasteiger partial charge in [-0.3, -0.25) is 9.59 Å². The van der Waals surface area contributed by atoms with Gasteiger partial charge >= 0.3 is 0 Å². The van der Waals surface area contributed by atoms with Crippen LogP contribution in [0.25, 0.3) is 0 Å². The van der Waals surface area contributed by atoms with Crippen molar-refractivity contribution < 1.29 is 4.79 Å². The zero-order valence-corrected chi connectivity index (χ0v) is 15.4. The van der Waals surface area contributed by atoms with Gasteiger partial charge in [0.2, 0.25) is 0 Å². The van der Waals surface area contributed by atoms with Crippen molar-refractivity contribution in [1.82, 2.24) is 9.47 Å². The molecule has 5 heteroatoms. The molecule has 1 aliphatic heterocycles. The highest BCUT2D eigenvalue weighted by Crippen LogP contribution is 2.23. The molecule has 1 saturated heterocycles. The van der Waals surface area contributed by atoms with Gasteiger partial charge in [-0.05, 0) is 62.4 Å². The molecule has 1 atom stereocenters. The standard InChI is InChI=1S/C20H23ClN2O2/c1-3-23-14(2)4-9-18(20(23)25)19(24)22-11-10-16(13-22)12-15-5-7-17(21)8-6-15/h4-9,16H,3,10-13H2,1-2H3. The van der Waals surface area contributed by atoms with Crippen LogP contribution >= 0.6 is 11.6 Å². The first kappa shape index (κ1) is 17.7. The Labute approximate surface area is 153 Å². The maximum absolute atomic E-state index is 12.8. The van der Waals surface area contributed by atoms with Crippen LogP contribution in [0.2, 0.25) is 5.02 Å². The minimum Gasteiger partial charge on any atom is -0.338 e. The molecule has 0 N–H and O–H groups in total. The normalized spacial score (nSPS) is 17.1. The van der Waals surface area contributed by atoms with Crippen LogP contribution in [0, 0.1) is 12.8 Å². The van der Waals surface area contributed by atoms with Gasteiger partial charge in [0.05, 0.1) is 0 Å². The van der Waals surface area contributed by atoms with Crippen molar-refractivity contribution >= 4 is 17.5 Å². The fraction of sp³-hybridized carbons (Fsp3) is 0.400. The van der Waals surface area contributed by atoms with E-state index in [4.69, 9.17) is 11.6 Å². The lowest BCUT2D eigenvalue weighted by Gasteiger charge is -2.17. The molecule has 0 spiro atoms. The average Bonchev–Trinajstić information content (AvgIpc) is 3.05. The quantitative estimate of drug-likeness (QED) is 0.839. The number of halogens is 1. The fourth-order valence-electron chi connectivity index (χ4n) is 3.53. The number of hydrogen-bond acceptors (Lipinski definition) is 2. The minimum atomic E-state index is -0.186. The number of carbonyl (C=O) groups excluding carboxylic acids is 1. The summed E-state index contributed by atoms with van der Waals surface area (Å²) in [6.07, 6.45) is 1.89. The van der Waals surface area contributed by atoms with Crippen molar-refractivity contribution in [2.45, 2.75) is 33.2 Å². The number of aryl methyl sites for hydroxylation is 1. The van der Waals surface area contributed by atoms with Gasteiger partial charge in [0, 0.05) is 30.4 Å².